The summed E-state index contributed by atoms with van der Waals surface area (Å²) in [7, 11) is 0. The first-order valence-corrected chi connectivity index (χ1v) is 7.81. The van der Waals surface area contributed by atoms with Crippen molar-refractivity contribution in [1.82, 2.24) is 15.5 Å². The fraction of sp³-hybridized carbons (Fsp3) is 0.118. The minimum atomic E-state index is -0.951. The quantitative estimate of drug-likeness (QED) is 0.690. The number of aromatic nitrogens is 2. The number of thiocarbonyl (C=S) groups is 1. The van der Waals surface area contributed by atoms with Crippen LogP contribution in [0.15, 0.2) is 47.0 Å². The summed E-state index contributed by atoms with van der Waals surface area (Å²) in [4.78, 5) is 4.28. The third kappa shape index (κ3) is 4.36. The SMILES string of the molecule is Cc1ccc(-c2noc(CNC(=S)Nc3ccc(F)c(F)c3)n2)cc1. The van der Waals surface area contributed by atoms with Crippen molar-refractivity contribution < 1.29 is 13.3 Å². The summed E-state index contributed by atoms with van der Waals surface area (Å²) in [5.74, 6) is -1.03. The average Bonchev–Trinajstić information content (AvgIpc) is 3.06. The number of anilines is 1. The van der Waals surface area contributed by atoms with Crippen LogP contribution < -0.4 is 10.6 Å². The van der Waals surface area contributed by atoms with Crippen molar-refractivity contribution in [1.29, 1.82) is 0 Å². The zero-order chi connectivity index (χ0) is 17.8. The molecule has 2 aromatic carbocycles. The largest absolute Gasteiger partial charge is 0.353 e. The fourth-order valence-corrected chi connectivity index (χ4v) is 2.24. The standard InChI is InChI=1S/C17H14F2N4OS/c1-10-2-4-11(5-3-10)16-22-15(24-23-16)9-20-17(25)21-12-6-7-13(18)14(19)8-12/h2-8H,9H2,1H3,(H2,20,21,25). The Morgan fingerprint density at radius 1 is 1.12 bits per heavy atom. The van der Waals surface area contributed by atoms with Gasteiger partial charge in [0.2, 0.25) is 11.7 Å². The molecule has 8 heteroatoms. The molecule has 0 saturated carbocycles. The van der Waals surface area contributed by atoms with Crippen molar-refractivity contribution in [3.63, 3.8) is 0 Å². The third-order valence-corrected chi connectivity index (χ3v) is 3.60. The maximum Gasteiger partial charge on any atom is 0.246 e. The van der Waals surface area contributed by atoms with Gasteiger partial charge in [-0.25, -0.2) is 8.78 Å². The van der Waals surface area contributed by atoms with Crippen LogP contribution in [0.4, 0.5) is 14.5 Å². The molecule has 0 saturated heterocycles. The van der Waals surface area contributed by atoms with Gasteiger partial charge in [-0.3, -0.25) is 0 Å². The van der Waals surface area contributed by atoms with Crippen LogP contribution in [-0.2, 0) is 6.54 Å². The average molecular weight is 360 g/mol. The van der Waals surface area contributed by atoms with Crippen LogP contribution in [-0.4, -0.2) is 15.3 Å². The van der Waals surface area contributed by atoms with Crippen LogP contribution in [0.3, 0.4) is 0 Å². The third-order valence-electron chi connectivity index (χ3n) is 3.36. The lowest BCUT2D eigenvalue weighted by Gasteiger charge is -2.08. The number of aryl methyl sites for hydroxylation is 1. The van der Waals surface area contributed by atoms with E-state index in [9.17, 15) is 8.78 Å². The van der Waals surface area contributed by atoms with Gasteiger partial charge in [-0.1, -0.05) is 35.0 Å². The first-order valence-electron chi connectivity index (χ1n) is 7.41. The molecule has 2 N–H and O–H groups in total. The van der Waals surface area contributed by atoms with E-state index >= 15 is 0 Å². The highest BCUT2D eigenvalue weighted by molar-refractivity contribution is 7.80. The first-order chi connectivity index (χ1) is 12.0. The zero-order valence-corrected chi connectivity index (χ0v) is 14.0. The molecule has 0 amide bonds. The minimum absolute atomic E-state index is 0.203. The van der Waals surface area contributed by atoms with E-state index in [1.807, 2.05) is 31.2 Å². The molecule has 3 rings (SSSR count). The zero-order valence-electron chi connectivity index (χ0n) is 13.2. The number of hydrogen-bond donors (Lipinski definition) is 2. The summed E-state index contributed by atoms with van der Waals surface area (Å²) in [6, 6.07) is 11.2. The summed E-state index contributed by atoms with van der Waals surface area (Å²) in [6.45, 7) is 2.20. The van der Waals surface area contributed by atoms with E-state index < -0.39 is 11.6 Å². The Kier molecular flexibility index (Phi) is 4.99. The van der Waals surface area contributed by atoms with Gasteiger partial charge < -0.3 is 15.2 Å². The van der Waals surface area contributed by atoms with E-state index in [1.165, 1.54) is 6.07 Å². The van der Waals surface area contributed by atoms with E-state index in [2.05, 4.69) is 20.8 Å². The summed E-state index contributed by atoms with van der Waals surface area (Å²) in [5, 5.41) is 9.75. The van der Waals surface area contributed by atoms with Crippen molar-refractivity contribution in [2.45, 2.75) is 13.5 Å². The van der Waals surface area contributed by atoms with Crippen molar-refractivity contribution in [3.05, 3.63) is 65.6 Å². The fourth-order valence-electron chi connectivity index (χ4n) is 2.05. The lowest BCUT2D eigenvalue weighted by Crippen LogP contribution is -2.28. The van der Waals surface area contributed by atoms with Crippen molar-refractivity contribution in [3.8, 4) is 11.4 Å². The van der Waals surface area contributed by atoms with Crippen LogP contribution >= 0.6 is 12.2 Å². The van der Waals surface area contributed by atoms with E-state index in [0.717, 1.165) is 23.3 Å². The lowest BCUT2D eigenvalue weighted by molar-refractivity contribution is 0.376. The molecule has 128 valence electrons. The second kappa shape index (κ2) is 7.35. The number of nitrogens with one attached hydrogen (secondary N) is 2. The molecular weight excluding hydrogens is 346 g/mol. The summed E-state index contributed by atoms with van der Waals surface area (Å²) >= 11 is 5.10. The van der Waals surface area contributed by atoms with Gasteiger partial charge in [0.25, 0.3) is 0 Å². The molecule has 1 aromatic heterocycles. The molecule has 0 aliphatic carbocycles. The van der Waals surface area contributed by atoms with E-state index in [0.29, 0.717) is 17.4 Å². The van der Waals surface area contributed by atoms with Crippen LogP contribution in [0.2, 0.25) is 0 Å². The van der Waals surface area contributed by atoms with Crippen LogP contribution in [0, 0.1) is 18.6 Å². The minimum Gasteiger partial charge on any atom is -0.353 e. The van der Waals surface area contributed by atoms with Gasteiger partial charge >= 0.3 is 0 Å². The Bertz CT molecular complexity index is 896. The van der Waals surface area contributed by atoms with Crippen LogP contribution in [0.5, 0.6) is 0 Å². The monoisotopic (exact) mass is 360 g/mol. The highest BCUT2D eigenvalue weighted by atomic mass is 32.1. The van der Waals surface area contributed by atoms with Gasteiger partial charge in [-0.15, -0.1) is 0 Å². The molecule has 0 fully saturated rings. The number of nitrogens with zero attached hydrogens (tertiary/aromatic N) is 2. The summed E-state index contributed by atoms with van der Waals surface area (Å²) < 4.78 is 31.2. The van der Waals surface area contributed by atoms with E-state index in [4.69, 9.17) is 16.7 Å². The van der Waals surface area contributed by atoms with Crippen molar-refractivity contribution in [2.24, 2.45) is 0 Å². The van der Waals surface area contributed by atoms with Crippen LogP contribution in [0.25, 0.3) is 11.4 Å². The Balaban J connectivity index is 1.57. The van der Waals surface area contributed by atoms with Gasteiger partial charge in [0.1, 0.15) is 0 Å². The number of rotatable bonds is 4. The molecule has 0 atom stereocenters. The Morgan fingerprint density at radius 2 is 1.88 bits per heavy atom. The number of benzene rings is 2. The molecule has 0 radical (unpaired) electrons. The molecule has 1 heterocycles. The summed E-state index contributed by atoms with van der Waals surface area (Å²) in [5.41, 5.74) is 2.33. The topological polar surface area (TPSA) is 63.0 Å². The molecule has 25 heavy (non-hydrogen) atoms. The molecule has 0 unspecified atom stereocenters. The van der Waals surface area contributed by atoms with Crippen molar-refractivity contribution >= 4 is 23.0 Å². The highest BCUT2D eigenvalue weighted by Crippen LogP contribution is 2.16. The Hall–Kier alpha value is -2.87. The normalized spacial score (nSPS) is 10.5. The van der Waals surface area contributed by atoms with Gasteiger partial charge in [-0.05, 0) is 31.3 Å². The van der Waals surface area contributed by atoms with Crippen molar-refractivity contribution in [2.75, 3.05) is 5.32 Å². The molecule has 0 aliphatic rings. The van der Waals surface area contributed by atoms with E-state index in [1.54, 1.807) is 0 Å². The number of hydrogen-bond acceptors (Lipinski definition) is 4. The predicted octanol–water partition coefficient (Wildman–Crippen LogP) is 3.81. The highest BCUT2D eigenvalue weighted by Gasteiger charge is 2.09. The maximum atomic E-state index is 13.2. The molecule has 5 nitrogen and oxygen atoms in total. The molecular formula is C17H14F2N4OS. The first kappa shape index (κ1) is 17.0. The number of halogens is 2. The maximum absolute atomic E-state index is 13.2. The van der Waals surface area contributed by atoms with Gasteiger partial charge in [0, 0.05) is 17.3 Å². The van der Waals surface area contributed by atoms with Gasteiger partial charge in [0.05, 0.1) is 6.54 Å². The molecule has 0 aliphatic heterocycles. The van der Waals surface area contributed by atoms with E-state index in [-0.39, 0.29) is 11.7 Å². The second-order valence-corrected chi connectivity index (χ2v) is 5.72. The Morgan fingerprint density at radius 3 is 2.60 bits per heavy atom. The second-order valence-electron chi connectivity index (χ2n) is 5.31. The predicted molar refractivity (Wildman–Crippen MR) is 93.9 cm³/mol. The smallest absolute Gasteiger partial charge is 0.246 e. The molecule has 0 bridgehead atoms. The van der Waals surface area contributed by atoms with Gasteiger partial charge in [0.15, 0.2) is 16.7 Å². The van der Waals surface area contributed by atoms with Crippen LogP contribution in [0.1, 0.15) is 11.5 Å². The molecule has 0 spiro atoms. The summed E-state index contributed by atoms with van der Waals surface area (Å²) in [6.07, 6.45) is 0. The van der Waals surface area contributed by atoms with Gasteiger partial charge in [-0.2, -0.15) is 4.98 Å². The molecule has 3 aromatic rings. The Labute approximate surface area is 148 Å². The lowest BCUT2D eigenvalue weighted by atomic mass is 10.1.